The molecule has 0 spiro atoms. The number of rotatable bonds is 56. The summed E-state index contributed by atoms with van der Waals surface area (Å²) in [5, 5.41) is 0.939. The number of halogens is 2. The van der Waals surface area contributed by atoms with Crippen LogP contribution in [0.1, 0.15) is 378 Å². The zero-order valence-corrected chi connectivity index (χ0v) is 57.0. The smallest absolute Gasteiger partial charge is 0.170 e. The Morgan fingerprint density at radius 2 is 0.593 bits per heavy atom. The standard InChI is InChI=1S/C27H44O2.C26H40Cl2O2.C25H40O2/c1-24-19-18-21-26(23-24)27(29)22-17-15-13-11-9-7-5-3-4-6-8-10-12-14-16-20-25(2)28;1-22(29)17-15-13-11-9-7-5-3-2-4-6-8-10-12-14-16-18-26(30)23-19-20-24(27)25(28)21-23;1-2-3-4-5-6-7-8-9-10-11-12-13-14-18-21-24(26)22-25(27)23-19-16-15-17-20-23/h18-19,21,23H,3-17,20,22H2,1-2H3;19-21H,2-18H2,1H3;15-17,19-20H,2-14,18,21-22H2,1H3. The van der Waals surface area contributed by atoms with Crippen molar-refractivity contribution in [1.82, 2.24) is 0 Å². The molecular weight excluding hydrogens is 1100 g/mol. The minimum absolute atomic E-state index is 0.0500. The van der Waals surface area contributed by atoms with E-state index < -0.39 is 0 Å². The van der Waals surface area contributed by atoms with E-state index in [9.17, 15) is 28.8 Å². The lowest BCUT2D eigenvalue weighted by Gasteiger charge is -2.04. The first kappa shape index (κ1) is 80.3. The van der Waals surface area contributed by atoms with Gasteiger partial charge in [-0.2, -0.15) is 0 Å². The van der Waals surface area contributed by atoms with E-state index in [0.29, 0.717) is 57.8 Å². The molecule has 0 aliphatic heterocycles. The van der Waals surface area contributed by atoms with Crippen LogP contribution in [0.15, 0.2) is 72.8 Å². The predicted molar refractivity (Wildman–Crippen MR) is 370 cm³/mol. The zero-order chi connectivity index (χ0) is 62.8. The summed E-state index contributed by atoms with van der Waals surface area (Å²) in [4.78, 5) is 70.0. The second-order valence-electron chi connectivity index (χ2n) is 25.2. The molecule has 3 aromatic carbocycles. The fraction of sp³-hybridized carbons (Fsp3) is 0.692. The summed E-state index contributed by atoms with van der Waals surface area (Å²) in [5.74, 6) is 1.14. The maximum absolute atomic E-state index is 12.2. The van der Waals surface area contributed by atoms with Gasteiger partial charge in [-0.25, -0.2) is 0 Å². The molecule has 0 fully saturated rings. The zero-order valence-electron chi connectivity index (χ0n) is 55.5. The van der Waals surface area contributed by atoms with Crippen LogP contribution in [0.2, 0.25) is 10.0 Å². The number of hydrogen-bond donors (Lipinski definition) is 0. The molecule has 0 aromatic heterocycles. The summed E-state index contributed by atoms with van der Waals surface area (Å²) < 4.78 is 0. The van der Waals surface area contributed by atoms with E-state index in [2.05, 4.69) is 6.92 Å². The van der Waals surface area contributed by atoms with Crippen molar-refractivity contribution < 1.29 is 28.8 Å². The van der Waals surface area contributed by atoms with Crippen molar-refractivity contribution in [3.8, 4) is 0 Å². The van der Waals surface area contributed by atoms with E-state index in [-0.39, 0.29) is 23.8 Å². The third-order valence-electron chi connectivity index (χ3n) is 16.7. The molecule has 6 nitrogen and oxygen atoms in total. The topological polar surface area (TPSA) is 102 Å². The van der Waals surface area contributed by atoms with E-state index in [1.54, 1.807) is 44.2 Å². The van der Waals surface area contributed by atoms with Gasteiger partial charge in [-0.05, 0) is 77.1 Å². The summed E-state index contributed by atoms with van der Waals surface area (Å²) in [6.07, 6.45) is 60.1. The maximum Gasteiger partial charge on any atom is 0.170 e. The Kier molecular flexibility index (Phi) is 55.0. The van der Waals surface area contributed by atoms with Crippen molar-refractivity contribution >= 4 is 57.9 Å². The van der Waals surface area contributed by atoms with Crippen LogP contribution in [-0.2, 0) is 14.4 Å². The Bertz CT molecular complexity index is 2150. The second-order valence-corrected chi connectivity index (χ2v) is 26.0. The predicted octanol–water partition coefficient (Wildman–Crippen LogP) is 25.5. The summed E-state index contributed by atoms with van der Waals surface area (Å²) >= 11 is 11.9. The number of benzene rings is 3. The maximum atomic E-state index is 12.2. The molecular formula is C78H124Cl2O6. The first-order valence-corrected chi connectivity index (χ1v) is 36.3. The molecule has 8 heteroatoms. The molecule has 0 aliphatic carbocycles. The van der Waals surface area contributed by atoms with Gasteiger partial charge in [0.2, 0.25) is 0 Å². The van der Waals surface area contributed by atoms with Crippen LogP contribution in [0.4, 0.5) is 0 Å². The number of hydrogen-bond acceptors (Lipinski definition) is 6. The lowest BCUT2D eigenvalue weighted by atomic mass is 10.0. The van der Waals surface area contributed by atoms with Crippen molar-refractivity contribution in [3.05, 3.63) is 105 Å². The highest BCUT2D eigenvalue weighted by Crippen LogP contribution is 2.24. The minimum atomic E-state index is -0.0500. The highest BCUT2D eigenvalue weighted by molar-refractivity contribution is 6.42. The quantitative estimate of drug-likeness (QED) is 0.0317. The minimum Gasteiger partial charge on any atom is -0.300 e. The lowest BCUT2D eigenvalue weighted by molar-refractivity contribution is -0.118. The van der Waals surface area contributed by atoms with Gasteiger partial charge in [-0.1, -0.05) is 335 Å². The fourth-order valence-electron chi connectivity index (χ4n) is 11.2. The van der Waals surface area contributed by atoms with Crippen molar-refractivity contribution in [1.29, 1.82) is 0 Å². The first-order chi connectivity index (χ1) is 41.8. The van der Waals surface area contributed by atoms with Crippen LogP contribution < -0.4 is 0 Å². The van der Waals surface area contributed by atoms with Gasteiger partial charge in [0.1, 0.15) is 17.3 Å². The van der Waals surface area contributed by atoms with Gasteiger partial charge in [0.25, 0.3) is 0 Å². The molecule has 0 amide bonds. The summed E-state index contributed by atoms with van der Waals surface area (Å²) in [6, 6.07) is 22.2. The largest absolute Gasteiger partial charge is 0.300 e. The van der Waals surface area contributed by atoms with Gasteiger partial charge in [0.15, 0.2) is 17.3 Å². The highest BCUT2D eigenvalue weighted by atomic mass is 35.5. The molecule has 0 aliphatic rings. The van der Waals surface area contributed by atoms with E-state index in [1.807, 2.05) is 49.4 Å². The van der Waals surface area contributed by atoms with Crippen molar-refractivity contribution in [2.45, 2.75) is 349 Å². The average Bonchev–Trinajstić information content (AvgIpc) is 3.70. The van der Waals surface area contributed by atoms with Gasteiger partial charge < -0.3 is 9.59 Å². The van der Waals surface area contributed by atoms with Crippen LogP contribution in [0.3, 0.4) is 0 Å². The number of carbonyl (C=O) groups excluding carboxylic acids is 6. The summed E-state index contributed by atoms with van der Waals surface area (Å²) in [5.41, 5.74) is 3.35. The molecule has 0 N–H and O–H groups in total. The van der Waals surface area contributed by atoms with E-state index >= 15 is 0 Å². The van der Waals surface area contributed by atoms with Crippen LogP contribution in [0.5, 0.6) is 0 Å². The molecule has 3 aromatic rings. The Morgan fingerprint density at radius 1 is 0.291 bits per heavy atom. The van der Waals surface area contributed by atoms with Crippen LogP contribution in [0.25, 0.3) is 0 Å². The summed E-state index contributed by atoms with van der Waals surface area (Å²) in [7, 11) is 0. The van der Waals surface area contributed by atoms with Gasteiger partial charge >= 0.3 is 0 Å². The molecule has 86 heavy (non-hydrogen) atoms. The number of carbonyl (C=O) groups is 6. The summed E-state index contributed by atoms with van der Waals surface area (Å²) in [6.45, 7) is 7.68. The molecule has 0 unspecified atom stereocenters. The molecule has 0 bridgehead atoms. The van der Waals surface area contributed by atoms with Crippen LogP contribution in [0, 0.1) is 6.92 Å². The normalized spacial score (nSPS) is 11.0. The third kappa shape index (κ3) is 51.2. The first-order valence-electron chi connectivity index (χ1n) is 35.5. The van der Waals surface area contributed by atoms with Crippen LogP contribution in [-0.4, -0.2) is 34.7 Å². The number of unbranched alkanes of at least 4 members (excludes halogenated alkanes) is 41. The Hall–Kier alpha value is -3.74. The van der Waals surface area contributed by atoms with Crippen molar-refractivity contribution in [3.63, 3.8) is 0 Å². The van der Waals surface area contributed by atoms with Crippen molar-refractivity contribution in [2.24, 2.45) is 0 Å². The van der Waals surface area contributed by atoms with E-state index in [0.717, 1.165) is 68.9 Å². The average molecular weight is 1230 g/mol. The van der Waals surface area contributed by atoms with Gasteiger partial charge in [-0.15, -0.1) is 0 Å². The Morgan fingerprint density at radius 3 is 0.919 bits per heavy atom. The second kappa shape index (κ2) is 58.9. The third-order valence-corrected chi connectivity index (χ3v) is 17.4. The molecule has 486 valence electrons. The molecule has 0 saturated carbocycles. The van der Waals surface area contributed by atoms with E-state index in [1.165, 1.54) is 238 Å². The van der Waals surface area contributed by atoms with Gasteiger partial charge in [-0.3, -0.25) is 19.2 Å². The molecule has 0 heterocycles. The SMILES string of the molecule is CC(=O)CCCCCCCCCCCCCCCCCC(=O)c1ccc(Cl)c(Cl)c1.CC(=O)CCCCCCCCCCCCCCCCCC(=O)c1cccc(C)c1.CCCCCCCCCCCCCCCCC(=O)CC(=O)c1ccccc1. The molecule has 0 atom stereocenters. The molecule has 0 radical (unpaired) electrons. The Balaban J connectivity index is 0.000000646. The number of Topliss-reactive ketones (excluding diaryl/α,β-unsaturated/α-hetero) is 6. The van der Waals surface area contributed by atoms with Crippen molar-refractivity contribution in [2.75, 3.05) is 0 Å². The van der Waals surface area contributed by atoms with Crippen LogP contribution >= 0.6 is 23.2 Å². The lowest BCUT2D eigenvalue weighted by Crippen LogP contribution is -2.07. The Labute approximate surface area is 537 Å². The molecule has 3 rings (SSSR count). The number of ketones is 6. The van der Waals surface area contributed by atoms with Gasteiger partial charge in [0, 0.05) is 48.8 Å². The fourth-order valence-corrected chi connectivity index (χ4v) is 11.5. The monoisotopic (exact) mass is 1230 g/mol. The molecule has 0 saturated heterocycles. The van der Waals surface area contributed by atoms with Gasteiger partial charge in [0.05, 0.1) is 16.5 Å². The van der Waals surface area contributed by atoms with E-state index in [4.69, 9.17) is 23.2 Å². The number of aryl methyl sites for hydroxylation is 1. The highest BCUT2D eigenvalue weighted by Gasteiger charge is 2.12.